The molecule has 0 spiro atoms. The van der Waals surface area contributed by atoms with Gasteiger partial charge in [0.05, 0.1) is 13.1 Å². The van der Waals surface area contributed by atoms with Crippen molar-refractivity contribution in [2.45, 2.75) is 32.7 Å². The number of carbonyl (C=O) groups excluding carboxylic acids is 1. The van der Waals surface area contributed by atoms with Gasteiger partial charge >= 0.3 is 0 Å². The molecule has 1 aliphatic rings. The SMILES string of the molecule is Cc1ccc(Cl)cc1NC(=O)[C@@H](C)[NH+]1CCCC1. The number of carbonyl (C=O) groups is 1. The van der Waals surface area contributed by atoms with Gasteiger partial charge in [-0.1, -0.05) is 17.7 Å². The zero-order chi connectivity index (χ0) is 13.1. The highest BCUT2D eigenvalue weighted by Gasteiger charge is 2.27. The summed E-state index contributed by atoms with van der Waals surface area (Å²) in [6.45, 7) is 6.17. The summed E-state index contributed by atoms with van der Waals surface area (Å²) in [5.41, 5.74) is 1.86. The molecule has 1 heterocycles. The molecule has 1 amide bonds. The quantitative estimate of drug-likeness (QED) is 0.858. The van der Waals surface area contributed by atoms with Gasteiger partial charge in [-0.15, -0.1) is 0 Å². The van der Waals surface area contributed by atoms with E-state index in [9.17, 15) is 4.79 Å². The Morgan fingerprint density at radius 1 is 1.39 bits per heavy atom. The zero-order valence-corrected chi connectivity index (χ0v) is 11.7. The van der Waals surface area contributed by atoms with Crippen molar-refractivity contribution in [3.05, 3.63) is 28.8 Å². The molecule has 1 saturated heterocycles. The van der Waals surface area contributed by atoms with E-state index < -0.39 is 0 Å². The number of nitrogens with one attached hydrogen (secondary N) is 2. The third kappa shape index (κ3) is 3.03. The summed E-state index contributed by atoms with van der Waals surface area (Å²) < 4.78 is 0. The fourth-order valence-corrected chi connectivity index (χ4v) is 2.59. The van der Waals surface area contributed by atoms with Gasteiger partial charge in [-0.2, -0.15) is 0 Å². The summed E-state index contributed by atoms with van der Waals surface area (Å²) >= 11 is 5.95. The van der Waals surface area contributed by atoms with Crippen molar-refractivity contribution in [2.75, 3.05) is 18.4 Å². The third-order valence-electron chi connectivity index (χ3n) is 3.71. The maximum atomic E-state index is 12.2. The Hall–Kier alpha value is -1.06. The number of rotatable bonds is 3. The number of aryl methyl sites for hydroxylation is 1. The van der Waals surface area contributed by atoms with Gasteiger partial charge in [0.1, 0.15) is 0 Å². The van der Waals surface area contributed by atoms with Crippen molar-refractivity contribution in [1.82, 2.24) is 0 Å². The van der Waals surface area contributed by atoms with Crippen molar-refractivity contribution in [1.29, 1.82) is 0 Å². The fourth-order valence-electron chi connectivity index (χ4n) is 2.42. The monoisotopic (exact) mass is 267 g/mol. The van der Waals surface area contributed by atoms with Crippen molar-refractivity contribution in [3.63, 3.8) is 0 Å². The first kappa shape index (κ1) is 13.4. The zero-order valence-electron chi connectivity index (χ0n) is 10.9. The van der Waals surface area contributed by atoms with E-state index in [-0.39, 0.29) is 11.9 Å². The minimum absolute atomic E-state index is 0.00545. The van der Waals surface area contributed by atoms with E-state index in [1.54, 1.807) is 6.07 Å². The smallest absolute Gasteiger partial charge is 0.282 e. The van der Waals surface area contributed by atoms with Crippen molar-refractivity contribution in [3.8, 4) is 0 Å². The summed E-state index contributed by atoms with van der Waals surface area (Å²) in [6.07, 6.45) is 2.45. The molecule has 1 aromatic carbocycles. The molecule has 1 aromatic rings. The molecule has 1 aliphatic heterocycles. The van der Waals surface area contributed by atoms with Crippen LogP contribution in [-0.2, 0) is 4.79 Å². The maximum Gasteiger partial charge on any atom is 0.282 e. The van der Waals surface area contributed by atoms with Gasteiger partial charge in [-0.25, -0.2) is 0 Å². The topological polar surface area (TPSA) is 33.5 Å². The minimum Gasteiger partial charge on any atom is -0.325 e. The van der Waals surface area contributed by atoms with Crippen LogP contribution in [0.3, 0.4) is 0 Å². The lowest BCUT2D eigenvalue weighted by atomic mass is 10.2. The Kier molecular flexibility index (Phi) is 4.25. The number of anilines is 1. The number of benzene rings is 1. The van der Waals surface area contributed by atoms with Crippen LogP contribution in [0.2, 0.25) is 5.02 Å². The van der Waals surface area contributed by atoms with Crippen LogP contribution in [0, 0.1) is 6.92 Å². The Morgan fingerprint density at radius 3 is 2.72 bits per heavy atom. The van der Waals surface area contributed by atoms with Gasteiger partial charge in [0.25, 0.3) is 5.91 Å². The minimum atomic E-state index is 0.00545. The molecule has 0 aliphatic carbocycles. The van der Waals surface area contributed by atoms with Crippen LogP contribution < -0.4 is 10.2 Å². The van der Waals surface area contributed by atoms with Gasteiger partial charge in [0.15, 0.2) is 6.04 Å². The number of quaternary nitrogens is 1. The average Bonchev–Trinajstić information content (AvgIpc) is 2.86. The summed E-state index contributed by atoms with van der Waals surface area (Å²) in [4.78, 5) is 13.6. The first-order chi connectivity index (χ1) is 8.58. The van der Waals surface area contributed by atoms with E-state index in [0.717, 1.165) is 24.3 Å². The molecule has 2 rings (SSSR count). The number of amides is 1. The summed E-state index contributed by atoms with van der Waals surface area (Å²) in [5.74, 6) is 0.0808. The van der Waals surface area contributed by atoms with Crippen molar-refractivity contribution < 1.29 is 9.69 Å². The predicted octanol–water partition coefficient (Wildman–Crippen LogP) is 1.65. The molecule has 0 bridgehead atoms. The normalized spacial score (nSPS) is 17.7. The highest BCUT2D eigenvalue weighted by molar-refractivity contribution is 6.31. The number of halogens is 1. The molecule has 1 atom stereocenters. The summed E-state index contributed by atoms with van der Waals surface area (Å²) in [5, 5.41) is 3.63. The highest BCUT2D eigenvalue weighted by Crippen LogP contribution is 2.20. The fraction of sp³-hybridized carbons (Fsp3) is 0.500. The van der Waals surface area contributed by atoms with Crippen LogP contribution in [0.5, 0.6) is 0 Å². The van der Waals surface area contributed by atoms with Crippen LogP contribution >= 0.6 is 11.6 Å². The first-order valence-electron chi connectivity index (χ1n) is 6.49. The van der Waals surface area contributed by atoms with Gasteiger partial charge in [-0.05, 0) is 31.5 Å². The van der Waals surface area contributed by atoms with E-state index in [4.69, 9.17) is 11.6 Å². The van der Waals surface area contributed by atoms with E-state index >= 15 is 0 Å². The van der Waals surface area contributed by atoms with E-state index in [0.29, 0.717) is 5.02 Å². The molecule has 3 nitrogen and oxygen atoms in total. The number of hydrogen-bond acceptors (Lipinski definition) is 1. The average molecular weight is 268 g/mol. The molecule has 0 unspecified atom stereocenters. The van der Waals surface area contributed by atoms with Crippen LogP contribution in [0.25, 0.3) is 0 Å². The number of hydrogen-bond donors (Lipinski definition) is 2. The van der Waals surface area contributed by atoms with E-state index in [2.05, 4.69) is 5.32 Å². The van der Waals surface area contributed by atoms with Gasteiger partial charge in [0, 0.05) is 23.6 Å². The molecule has 0 radical (unpaired) electrons. The van der Waals surface area contributed by atoms with Gasteiger partial charge < -0.3 is 10.2 Å². The second kappa shape index (κ2) is 5.72. The number of likely N-dealkylation sites (tertiary alicyclic amines) is 1. The van der Waals surface area contributed by atoms with Crippen LogP contribution in [0.4, 0.5) is 5.69 Å². The van der Waals surface area contributed by atoms with Crippen molar-refractivity contribution in [2.24, 2.45) is 0 Å². The third-order valence-corrected chi connectivity index (χ3v) is 3.94. The van der Waals surface area contributed by atoms with Crippen LogP contribution in [0.1, 0.15) is 25.3 Å². The lowest BCUT2D eigenvalue weighted by Crippen LogP contribution is -3.14. The Bertz CT molecular complexity index is 441. The molecule has 1 fully saturated rings. The molecule has 98 valence electrons. The standard InChI is InChI=1S/C14H19ClN2O/c1-10-5-6-12(15)9-13(10)16-14(18)11(2)17-7-3-4-8-17/h5-6,9,11H,3-4,7-8H2,1-2H3,(H,16,18)/p+1/t11-/m1/s1. The Balaban J connectivity index is 2.03. The van der Waals surface area contributed by atoms with E-state index in [1.165, 1.54) is 17.7 Å². The van der Waals surface area contributed by atoms with Crippen LogP contribution in [-0.4, -0.2) is 25.0 Å². The molecular formula is C14H20ClN2O+. The molecule has 2 N–H and O–H groups in total. The molecule has 4 heteroatoms. The lowest BCUT2D eigenvalue weighted by molar-refractivity contribution is -0.901. The van der Waals surface area contributed by atoms with Gasteiger partial charge in [0.2, 0.25) is 0 Å². The Morgan fingerprint density at radius 2 is 2.06 bits per heavy atom. The largest absolute Gasteiger partial charge is 0.325 e. The van der Waals surface area contributed by atoms with Gasteiger partial charge in [-0.3, -0.25) is 4.79 Å². The Labute approximate surface area is 113 Å². The van der Waals surface area contributed by atoms with E-state index in [1.807, 2.05) is 26.0 Å². The summed E-state index contributed by atoms with van der Waals surface area (Å²) in [7, 11) is 0. The molecule has 0 aromatic heterocycles. The van der Waals surface area contributed by atoms with Crippen LogP contribution in [0.15, 0.2) is 18.2 Å². The highest BCUT2D eigenvalue weighted by atomic mass is 35.5. The second-order valence-electron chi connectivity index (χ2n) is 5.04. The molecule has 18 heavy (non-hydrogen) atoms. The maximum absolute atomic E-state index is 12.2. The first-order valence-corrected chi connectivity index (χ1v) is 6.87. The lowest BCUT2D eigenvalue weighted by Gasteiger charge is -2.20. The second-order valence-corrected chi connectivity index (χ2v) is 5.47. The molecule has 0 saturated carbocycles. The molecular weight excluding hydrogens is 248 g/mol. The van der Waals surface area contributed by atoms with Crippen molar-refractivity contribution >= 4 is 23.2 Å². The summed E-state index contributed by atoms with van der Waals surface area (Å²) in [6, 6.07) is 5.57. The predicted molar refractivity (Wildman–Crippen MR) is 74.2 cm³/mol.